The Morgan fingerprint density at radius 3 is 2.70 bits per heavy atom. The van der Waals surface area contributed by atoms with Crippen molar-refractivity contribution in [2.24, 2.45) is 5.41 Å². The number of rotatable bonds is 10. The Labute approximate surface area is 240 Å². The Kier molecular flexibility index (Phi) is 7.01. The summed E-state index contributed by atoms with van der Waals surface area (Å²) in [4.78, 5) is 4.54. The predicted octanol–water partition coefficient (Wildman–Crippen LogP) is 5.51. The first-order chi connectivity index (χ1) is 19.3. The molecule has 3 aromatic rings. The van der Waals surface area contributed by atoms with Gasteiger partial charge in [-0.05, 0) is 67.3 Å². The number of hydrogen-bond acceptors (Lipinski definition) is 7. The Morgan fingerprint density at radius 2 is 2.05 bits per heavy atom. The second kappa shape index (κ2) is 10.5. The molecule has 1 aliphatic heterocycles. The van der Waals surface area contributed by atoms with Gasteiger partial charge >= 0.3 is 0 Å². The van der Waals surface area contributed by atoms with Crippen LogP contribution in [-0.4, -0.2) is 30.4 Å². The highest BCUT2D eigenvalue weighted by atomic mass is 35.5. The van der Waals surface area contributed by atoms with Crippen LogP contribution in [0.25, 0.3) is 10.9 Å². The highest BCUT2D eigenvalue weighted by molar-refractivity contribution is 6.36. The molecule has 3 aliphatic rings. The van der Waals surface area contributed by atoms with Crippen molar-refractivity contribution in [1.29, 1.82) is 5.26 Å². The predicted molar refractivity (Wildman–Crippen MR) is 161 cm³/mol. The van der Waals surface area contributed by atoms with Gasteiger partial charge in [-0.1, -0.05) is 43.5 Å². The van der Waals surface area contributed by atoms with Crippen molar-refractivity contribution >= 4 is 41.7 Å². The lowest BCUT2D eigenvalue weighted by molar-refractivity contribution is 0.136. The maximum absolute atomic E-state index is 13.9. The fourth-order valence-electron chi connectivity index (χ4n) is 6.10. The third kappa shape index (κ3) is 4.95. The maximum atomic E-state index is 13.9. The average molecular weight is 558 g/mol. The Hall–Kier alpha value is -3.48. The first-order valence-corrected chi connectivity index (χ1v) is 14.5. The number of aromatic nitrogens is 1. The van der Waals surface area contributed by atoms with Gasteiger partial charge in [0.2, 0.25) is 0 Å². The van der Waals surface area contributed by atoms with E-state index in [0.29, 0.717) is 22.1 Å². The number of nitriles is 1. The van der Waals surface area contributed by atoms with Crippen LogP contribution in [0.2, 0.25) is 5.02 Å². The molecule has 2 fully saturated rings. The monoisotopic (exact) mass is 557 g/mol. The topological polar surface area (TPSA) is 88.0 Å². The molecule has 40 heavy (non-hydrogen) atoms. The SMILES string of the molecule is BC(Nc1cc(Cl)c2ncc(C#N)c(NCC3(CCC)CCC3)c2c1)(C1=CN(C2CC2)NN1)c1ccc(F)cc1. The number of halogens is 2. The van der Waals surface area contributed by atoms with Crippen LogP contribution in [-0.2, 0) is 5.44 Å². The smallest absolute Gasteiger partial charge is 0.148 e. The van der Waals surface area contributed by atoms with Gasteiger partial charge in [0, 0.05) is 36.1 Å². The van der Waals surface area contributed by atoms with Crippen LogP contribution in [0.15, 0.2) is 54.5 Å². The molecule has 4 N–H and O–H groups in total. The van der Waals surface area contributed by atoms with Crippen molar-refractivity contribution in [3.05, 3.63) is 76.5 Å². The standard InChI is InChI=1S/C30H34BClFN7/c1-2-10-29(11-3-12-29)18-36-27-19(15-34)16-35-28-24(27)13-22(14-25(28)32)37-30(31,20-4-6-21(33)7-5-20)26-17-40(39-38-26)23-8-9-23/h4-7,13-14,16-17,23,37-39H,2-3,8-12,18,31H2,1H3,(H,35,36). The van der Waals surface area contributed by atoms with Gasteiger partial charge in [-0.25, -0.2) is 4.39 Å². The summed E-state index contributed by atoms with van der Waals surface area (Å²) < 4.78 is 13.9. The molecule has 0 amide bonds. The van der Waals surface area contributed by atoms with Gasteiger partial charge in [0.1, 0.15) is 19.7 Å². The molecule has 0 radical (unpaired) electrons. The average Bonchev–Trinajstić information content (AvgIpc) is 3.65. The van der Waals surface area contributed by atoms with Crippen LogP contribution in [0.1, 0.15) is 63.0 Å². The lowest BCUT2D eigenvalue weighted by Gasteiger charge is -2.42. The van der Waals surface area contributed by atoms with E-state index in [1.165, 1.54) is 37.8 Å². The summed E-state index contributed by atoms with van der Waals surface area (Å²) >= 11 is 6.82. The molecule has 6 rings (SSSR count). The molecule has 0 bridgehead atoms. The molecule has 206 valence electrons. The molecule has 2 heterocycles. The van der Waals surface area contributed by atoms with Gasteiger partial charge in [0.05, 0.1) is 32.9 Å². The Bertz CT molecular complexity index is 1500. The second-order valence-electron chi connectivity index (χ2n) is 11.6. The summed E-state index contributed by atoms with van der Waals surface area (Å²) in [5, 5.41) is 20.7. The lowest BCUT2D eigenvalue weighted by atomic mass is 9.66. The summed E-state index contributed by atoms with van der Waals surface area (Å²) in [6.07, 6.45) is 11.9. The van der Waals surface area contributed by atoms with Crippen molar-refractivity contribution in [2.75, 3.05) is 17.2 Å². The van der Waals surface area contributed by atoms with Crippen LogP contribution in [0.5, 0.6) is 0 Å². The number of anilines is 2. The van der Waals surface area contributed by atoms with Crippen LogP contribution in [0.3, 0.4) is 0 Å². The summed E-state index contributed by atoms with van der Waals surface area (Å²) in [6, 6.07) is 13.2. The zero-order valence-electron chi connectivity index (χ0n) is 23.0. The zero-order valence-corrected chi connectivity index (χ0v) is 23.7. The van der Waals surface area contributed by atoms with Gasteiger partial charge < -0.3 is 16.1 Å². The number of nitrogens with one attached hydrogen (secondary N) is 4. The van der Waals surface area contributed by atoms with Gasteiger partial charge in [0.15, 0.2) is 0 Å². The van der Waals surface area contributed by atoms with Gasteiger partial charge in [-0.3, -0.25) is 9.99 Å². The number of hydrazine groups is 2. The van der Waals surface area contributed by atoms with E-state index in [1.807, 2.05) is 12.1 Å². The zero-order chi connectivity index (χ0) is 27.9. The number of hydrogen-bond donors (Lipinski definition) is 4. The Morgan fingerprint density at radius 1 is 1.27 bits per heavy atom. The molecule has 10 heteroatoms. The van der Waals surface area contributed by atoms with E-state index in [9.17, 15) is 9.65 Å². The minimum atomic E-state index is -0.744. The quantitative estimate of drug-likeness (QED) is 0.245. The van der Waals surface area contributed by atoms with Crippen molar-refractivity contribution < 1.29 is 4.39 Å². The van der Waals surface area contributed by atoms with Crippen molar-refractivity contribution in [3.8, 4) is 6.07 Å². The normalized spacial score (nSPS) is 19.2. The van der Waals surface area contributed by atoms with Gasteiger partial charge in [0.25, 0.3) is 0 Å². The van der Waals surface area contributed by atoms with E-state index in [1.54, 1.807) is 18.3 Å². The highest BCUT2D eigenvalue weighted by Crippen LogP contribution is 2.45. The van der Waals surface area contributed by atoms with E-state index in [0.717, 1.165) is 53.8 Å². The van der Waals surface area contributed by atoms with E-state index in [2.05, 4.69) is 58.6 Å². The molecular weight excluding hydrogens is 524 g/mol. The second-order valence-corrected chi connectivity index (χ2v) is 12.1. The fourth-order valence-corrected chi connectivity index (χ4v) is 6.37. The van der Waals surface area contributed by atoms with E-state index in [-0.39, 0.29) is 11.2 Å². The summed E-state index contributed by atoms with van der Waals surface area (Å²) in [7, 11) is 2.06. The van der Waals surface area contributed by atoms with Gasteiger partial charge in [-0.2, -0.15) is 5.26 Å². The maximum Gasteiger partial charge on any atom is 0.148 e. The number of benzene rings is 2. The summed E-state index contributed by atoms with van der Waals surface area (Å²) in [5.74, 6) is -0.288. The molecular formula is C30H34BClFN7. The van der Waals surface area contributed by atoms with Crippen molar-refractivity contribution in [3.63, 3.8) is 0 Å². The van der Waals surface area contributed by atoms with Crippen molar-refractivity contribution in [2.45, 2.75) is 63.3 Å². The molecule has 0 saturated heterocycles. The molecule has 2 aromatic carbocycles. The Balaban J connectivity index is 1.40. The fraction of sp³-hybridized carbons (Fsp3) is 0.400. The van der Waals surface area contributed by atoms with Crippen LogP contribution < -0.4 is 21.6 Å². The van der Waals surface area contributed by atoms with Crippen LogP contribution >= 0.6 is 11.6 Å². The van der Waals surface area contributed by atoms with Gasteiger partial charge in [-0.15, -0.1) is 5.53 Å². The largest absolute Gasteiger partial charge is 0.383 e. The number of pyridine rings is 1. The lowest BCUT2D eigenvalue weighted by Crippen LogP contribution is -2.45. The number of nitrogens with zero attached hydrogens (tertiary/aromatic N) is 3. The molecule has 0 spiro atoms. The minimum Gasteiger partial charge on any atom is -0.383 e. The molecule has 2 saturated carbocycles. The third-order valence-electron chi connectivity index (χ3n) is 8.76. The first kappa shape index (κ1) is 26.7. The highest BCUT2D eigenvalue weighted by Gasteiger charge is 2.38. The summed E-state index contributed by atoms with van der Waals surface area (Å²) in [5.41, 5.74) is 10.6. The third-order valence-corrected chi connectivity index (χ3v) is 9.05. The molecule has 1 unspecified atom stereocenters. The molecule has 2 aliphatic carbocycles. The summed E-state index contributed by atoms with van der Waals surface area (Å²) in [6.45, 7) is 3.04. The molecule has 7 nitrogen and oxygen atoms in total. The van der Waals surface area contributed by atoms with Crippen LogP contribution in [0, 0.1) is 22.6 Å². The van der Waals surface area contributed by atoms with Crippen LogP contribution in [0.4, 0.5) is 15.8 Å². The van der Waals surface area contributed by atoms with E-state index >= 15 is 0 Å². The van der Waals surface area contributed by atoms with E-state index < -0.39 is 5.44 Å². The number of fused-ring (bicyclic) bond motifs is 1. The molecule has 1 atom stereocenters. The van der Waals surface area contributed by atoms with E-state index in [4.69, 9.17) is 11.6 Å². The minimum absolute atomic E-state index is 0.277. The molecule has 1 aromatic heterocycles. The van der Waals surface area contributed by atoms with Crippen molar-refractivity contribution in [1.82, 2.24) is 21.0 Å². The first-order valence-electron chi connectivity index (χ1n) is 14.2.